The van der Waals surface area contributed by atoms with E-state index in [-0.39, 0.29) is 5.97 Å². The first kappa shape index (κ1) is 24.5. The Balaban J connectivity index is 1.92. The average Bonchev–Trinajstić information content (AvgIpc) is 3.31. The lowest BCUT2D eigenvalue weighted by Gasteiger charge is -2.20. The molecule has 1 aliphatic heterocycles. The van der Waals surface area contributed by atoms with Crippen molar-refractivity contribution >= 4 is 34.6 Å². The number of rotatable bonds is 6. The van der Waals surface area contributed by atoms with Crippen molar-refractivity contribution in [3.05, 3.63) is 69.9 Å². The highest BCUT2D eigenvalue weighted by Gasteiger charge is 2.38. The molecule has 3 aromatic rings. The van der Waals surface area contributed by atoms with E-state index in [1.807, 2.05) is 25.3 Å². The maximum atomic E-state index is 13.1. The van der Waals surface area contributed by atoms with Gasteiger partial charge in [-0.3, -0.25) is 19.1 Å². The Morgan fingerprint density at radius 3 is 2.51 bits per heavy atom. The Hall–Kier alpha value is -3.66. The van der Waals surface area contributed by atoms with Crippen molar-refractivity contribution in [2.24, 2.45) is 10.9 Å². The second-order valence-electron chi connectivity index (χ2n) is 8.30. The van der Waals surface area contributed by atoms with Gasteiger partial charge in [0.15, 0.2) is 11.7 Å². The van der Waals surface area contributed by atoms with E-state index >= 15 is 0 Å². The molecule has 182 valence electrons. The normalized spacial score (nSPS) is 15.4. The molecule has 2 unspecified atom stereocenters. The number of carbonyl (C=O) groups is 2. The Morgan fingerprint density at radius 2 is 1.91 bits per heavy atom. The lowest BCUT2D eigenvalue weighted by atomic mass is 9.95. The van der Waals surface area contributed by atoms with Gasteiger partial charge in [-0.15, -0.1) is 21.5 Å². The van der Waals surface area contributed by atoms with Crippen molar-refractivity contribution in [1.82, 2.24) is 14.8 Å². The predicted molar refractivity (Wildman–Crippen MR) is 133 cm³/mol. The maximum absolute atomic E-state index is 13.1. The fourth-order valence-corrected chi connectivity index (χ4v) is 5.41. The van der Waals surface area contributed by atoms with Crippen molar-refractivity contribution in [3.8, 4) is 5.00 Å². The second kappa shape index (κ2) is 9.53. The van der Waals surface area contributed by atoms with Gasteiger partial charge in [0.2, 0.25) is 0 Å². The maximum Gasteiger partial charge on any atom is 0.311 e. The summed E-state index contributed by atoms with van der Waals surface area (Å²) in [5.41, 5.74) is 3.92. The SMILES string of the molecule is C=C(F)C(=O)Nc1ccc(C2=NC(C(CC)C(=O)OC)c3nnc(C)n3-c3sc(C)c(C)c32)cc1. The molecule has 0 radical (unpaired) electrons. The lowest BCUT2D eigenvalue weighted by molar-refractivity contribution is -0.146. The highest BCUT2D eigenvalue weighted by atomic mass is 32.1. The number of hydrogen-bond donors (Lipinski definition) is 1. The van der Waals surface area contributed by atoms with Gasteiger partial charge in [0, 0.05) is 21.7 Å². The molecule has 1 aromatic carbocycles. The summed E-state index contributed by atoms with van der Waals surface area (Å²) in [5, 5.41) is 12.1. The number of anilines is 1. The molecular weight excluding hydrogens is 469 g/mol. The molecule has 0 saturated carbocycles. The van der Waals surface area contributed by atoms with E-state index in [0.29, 0.717) is 29.5 Å². The molecule has 3 heterocycles. The topological polar surface area (TPSA) is 98.5 Å². The Labute approximate surface area is 206 Å². The number of fused-ring (bicyclic) bond motifs is 3. The van der Waals surface area contributed by atoms with Crippen LogP contribution in [0.2, 0.25) is 0 Å². The first-order valence-corrected chi connectivity index (χ1v) is 11.9. The summed E-state index contributed by atoms with van der Waals surface area (Å²) in [5.74, 6) is -1.59. The van der Waals surface area contributed by atoms with Crippen LogP contribution in [0.1, 0.15) is 52.6 Å². The molecule has 1 aliphatic rings. The quantitative estimate of drug-likeness (QED) is 0.392. The zero-order chi connectivity index (χ0) is 25.4. The number of aryl methyl sites for hydroxylation is 2. The number of carbonyl (C=O) groups excluding carboxylic acids is 2. The molecule has 8 nitrogen and oxygen atoms in total. The third-order valence-corrected chi connectivity index (χ3v) is 7.37. The number of ether oxygens (including phenoxy) is 1. The van der Waals surface area contributed by atoms with Crippen molar-refractivity contribution in [1.29, 1.82) is 0 Å². The molecule has 0 saturated heterocycles. The number of nitrogens with one attached hydrogen (secondary N) is 1. The van der Waals surface area contributed by atoms with Gasteiger partial charge in [0.25, 0.3) is 5.91 Å². The predicted octanol–water partition coefficient (Wildman–Crippen LogP) is 4.77. The molecule has 10 heteroatoms. The Kier molecular flexibility index (Phi) is 6.66. The van der Waals surface area contributed by atoms with Gasteiger partial charge in [-0.05, 0) is 44.9 Å². The molecule has 4 rings (SSSR count). The number of thiophene rings is 1. The fourth-order valence-electron chi connectivity index (χ4n) is 4.20. The van der Waals surface area contributed by atoms with Crippen LogP contribution in [0.3, 0.4) is 0 Å². The van der Waals surface area contributed by atoms with Gasteiger partial charge in [-0.2, -0.15) is 0 Å². The van der Waals surface area contributed by atoms with Gasteiger partial charge < -0.3 is 10.1 Å². The molecule has 0 fully saturated rings. The van der Waals surface area contributed by atoms with Crippen LogP contribution < -0.4 is 5.32 Å². The van der Waals surface area contributed by atoms with Crippen LogP contribution in [0.5, 0.6) is 0 Å². The summed E-state index contributed by atoms with van der Waals surface area (Å²) in [7, 11) is 1.37. The number of aromatic nitrogens is 3. The Morgan fingerprint density at radius 1 is 1.23 bits per heavy atom. The summed E-state index contributed by atoms with van der Waals surface area (Å²) in [4.78, 5) is 30.6. The molecule has 2 aromatic heterocycles. The average molecular weight is 496 g/mol. The zero-order valence-corrected chi connectivity index (χ0v) is 21.0. The van der Waals surface area contributed by atoms with E-state index in [0.717, 1.165) is 26.6 Å². The van der Waals surface area contributed by atoms with E-state index < -0.39 is 23.7 Å². The molecule has 1 N–H and O–H groups in total. The van der Waals surface area contributed by atoms with Crippen LogP contribution >= 0.6 is 11.3 Å². The summed E-state index contributed by atoms with van der Waals surface area (Å²) < 4.78 is 20.2. The molecular formula is C25H26FN5O3S. The number of amides is 1. The van der Waals surface area contributed by atoms with Gasteiger partial charge in [-0.25, -0.2) is 4.39 Å². The zero-order valence-electron chi connectivity index (χ0n) is 20.2. The molecule has 1 amide bonds. The van der Waals surface area contributed by atoms with Crippen molar-refractivity contribution in [2.75, 3.05) is 12.4 Å². The molecule has 0 aliphatic carbocycles. The first-order chi connectivity index (χ1) is 16.7. The van der Waals surface area contributed by atoms with E-state index in [4.69, 9.17) is 9.73 Å². The largest absolute Gasteiger partial charge is 0.469 e. The van der Waals surface area contributed by atoms with Crippen LogP contribution in [-0.4, -0.2) is 39.5 Å². The highest BCUT2D eigenvalue weighted by Crippen LogP contribution is 2.41. The lowest BCUT2D eigenvalue weighted by Crippen LogP contribution is -2.24. The van der Waals surface area contributed by atoms with Crippen molar-refractivity contribution in [3.63, 3.8) is 0 Å². The van der Waals surface area contributed by atoms with Gasteiger partial charge in [0.05, 0.1) is 18.7 Å². The summed E-state index contributed by atoms with van der Waals surface area (Å²) in [6.07, 6.45) is 0.504. The van der Waals surface area contributed by atoms with Crippen LogP contribution in [0.4, 0.5) is 10.1 Å². The number of aliphatic imine (C=N–C) groups is 1. The number of halogens is 1. The van der Waals surface area contributed by atoms with Gasteiger partial charge in [0.1, 0.15) is 16.9 Å². The summed E-state index contributed by atoms with van der Waals surface area (Å²) in [6, 6.07) is 6.35. The van der Waals surface area contributed by atoms with E-state index in [1.165, 1.54) is 7.11 Å². The minimum Gasteiger partial charge on any atom is -0.469 e. The minimum absolute atomic E-state index is 0.365. The summed E-state index contributed by atoms with van der Waals surface area (Å²) in [6.45, 7) is 10.9. The second-order valence-corrected chi connectivity index (χ2v) is 9.50. The smallest absolute Gasteiger partial charge is 0.311 e. The van der Waals surface area contributed by atoms with Crippen LogP contribution in [0.25, 0.3) is 5.00 Å². The number of hydrogen-bond acceptors (Lipinski definition) is 7. The monoisotopic (exact) mass is 495 g/mol. The highest BCUT2D eigenvalue weighted by molar-refractivity contribution is 7.15. The molecule has 0 bridgehead atoms. The first-order valence-electron chi connectivity index (χ1n) is 11.1. The van der Waals surface area contributed by atoms with Crippen molar-refractivity contribution < 1.29 is 18.7 Å². The van der Waals surface area contributed by atoms with Crippen molar-refractivity contribution in [2.45, 2.75) is 40.2 Å². The number of methoxy groups -OCH3 is 1. The van der Waals surface area contributed by atoms with E-state index in [2.05, 4.69) is 29.0 Å². The van der Waals surface area contributed by atoms with Crippen LogP contribution in [-0.2, 0) is 14.3 Å². The van der Waals surface area contributed by atoms with Gasteiger partial charge >= 0.3 is 5.97 Å². The van der Waals surface area contributed by atoms with Gasteiger partial charge in [-0.1, -0.05) is 25.6 Å². The van der Waals surface area contributed by atoms with Crippen LogP contribution in [0, 0.1) is 26.7 Å². The minimum atomic E-state index is -1.06. The molecule has 0 spiro atoms. The standard InChI is InChI=1S/C25H26FN5O3S/c1-7-18(25(33)34-6)21-22-30-29-15(5)31(22)24-19(12(2)14(4)35-24)20(28-21)16-8-10-17(11-9-16)27-23(32)13(3)26/h8-11,18,21H,3,7H2,1-2,4-6H3,(H,27,32). The number of nitrogens with zero attached hydrogens (tertiary/aromatic N) is 4. The van der Waals surface area contributed by atoms with E-state index in [9.17, 15) is 14.0 Å². The fraction of sp³-hybridized carbons (Fsp3) is 0.320. The third kappa shape index (κ3) is 4.29. The third-order valence-electron chi connectivity index (χ3n) is 6.18. The summed E-state index contributed by atoms with van der Waals surface area (Å²) >= 11 is 1.62. The number of benzene rings is 1. The number of esters is 1. The molecule has 35 heavy (non-hydrogen) atoms. The molecule has 2 atom stereocenters. The van der Waals surface area contributed by atoms with E-state index in [1.54, 1.807) is 35.6 Å². The van der Waals surface area contributed by atoms with Crippen LogP contribution in [0.15, 0.2) is 41.7 Å². The Bertz CT molecular complexity index is 1360.